The molecule has 0 N–H and O–H groups in total. The van der Waals surface area contributed by atoms with Gasteiger partial charge in [0.15, 0.2) is 5.75 Å². The van der Waals surface area contributed by atoms with E-state index in [1.54, 1.807) is 0 Å². The second-order valence-corrected chi connectivity index (χ2v) is 4.73. The summed E-state index contributed by atoms with van der Waals surface area (Å²) in [7, 11) is 1.42. The van der Waals surface area contributed by atoms with Crippen molar-refractivity contribution in [2.75, 3.05) is 7.11 Å². The van der Waals surface area contributed by atoms with E-state index in [1.165, 1.54) is 7.11 Å². The molecule has 0 amide bonds. The fraction of sp³-hybridized carbons (Fsp3) is 0.400. The number of ether oxygens (including phenoxy) is 1. The molecule has 0 bridgehead atoms. The molecule has 6 heteroatoms. The molecule has 0 radical (unpaired) electrons. The normalized spacial score (nSPS) is 11.2. The van der Waals surface area contributed by atoms with E-state index in [0.717, 1.165) is 11.3 Å². The summed E-state index contributed by atoms with van der Waals surface area (Å²) < 4.78 is 15.9. The van der Waals surface area contributed by atoms with Gasteiger partial charge in [-0.2, -0.15) is 10.5 Å². The average Bonchev–Trinajstić information content (AvgIpc) is 2.68. The molecule has 82 valence electrons. The molecule has 0 saturated heterocycles. The Morgan fingerprint density at radius 1 is 1.50 bits per heavy atom. The van der Waals surface area contributed by atoms with E-state index in [4.69, 9.17) is 15.3 Å². The average molecular weight is 253 g/mol. The smallest absolute Gasteiger partial charge is 0.468 e. The van der Waals surface area contributed by atoms with Crippen molar-refractivity contribution in [2.45, 2.75) is 18.6 Å². The van der Waals surface area contributed by atoms with Crippen LogP contribution in [0, 0.1) is 22.7 Å². The van der Waals surface area contributed by atoms with E-state index in [2.05, 4.69) is 0 Å². The van der Waals surface area contributed by atoms with Crippen molar-refractivity contribution < 1.29 is 8.95 Å². The van der Waals surface area contributed by atoms with Crippen LogP contribution in [0.2, 0.25) is 0 Å². The summed E-state index contributed by atoms with van der Waals surface area (Å²) in [5.41, 5.74) is 0.319. The van der Waals surface area contributed by atoms with Gasteiger partial charge in [-0.25, -0.2) is 0 Å². The third-order valence-corrected chi connectivity index (χ3v) is 4.23. The van der Waals surface area contributed by atoms with E-state index in [9.17, 15) is 4.21 Å². The lowest BCUT2D eigenvalue weighted by atomic mass is 10.1. The van der Waals surface area contributed by atoms with E-state index in [0.29, 0.717) is 33.4 Å². The molecule has 1 rings (SSSR count). The van der Waals surface area contributed by atoms with Crippen LogP contribution < -0.4 is 4.74 Å². The zero-order valence-electron chi connectivity index (χ0n) is 8.81. The van der Waals surface area contributed by atoms with Gasteiger partial charge in [-0.15, -0.1) is 11.3 Å². The monoisotopic (exact) mass is 253 g/mol. The molecule has 0 spiro atoms. The molecule has 0 aromatic carbocycles. The summed E-state index contributed by atoms with van der Waals surface area (Å²) in [6, 6.07) is 3.98. The lowest BCUT2D eigenvalue weighted by Gasteiger charge is -1.97. The van der Waals surface area contributed by atoms with Gasteiger partial charge in [0.05, 0.1) is 12.0 Å². The van der Waals surface area contributed by atoms with E-state index in [1.807, 2.05) is 19.1 Å². The Hall–Kier alpha value is -1.50. The fourth-order valence-corrected chi connectivity index (χ4v) is 3.02. The predicted molar refractivity (Wildman–Crippen MR) is 61.4 cm³/mol. The first-order valence-electron chi connectivity index (χ1n) is 4.52. The molecular weight excluding hydrogens is 244 g/mol. The zero-order chi connectivity index (χ0) is 12.1. The van der Waals surface area contributed by atoms with Crippen LogP contribution in [-0.4, -0.2) is 7.11 Å². The van der Waals surface area contributed by atoms with Crippen molar-refractivity contribution in [3.63, 3.8) is 0 Å². The Morgan fingerprint density at radius 3 is 2.56 bits per heavy atom. The van der Waals surface area contributed by atoms with Gasteiger partial charge in [0.2, 0.25) is 0 Å². The second-order valence-electron chi connectivity index (χ2n) is 2.92. The maximum absolute atomic E-state index is 10.9. The highest BCUT2D eigenvalue weighted by molar-refractivity contribution is 7.66. The Kier molecular flexibility index (Phi) is 4.36. The first-order chi connectivity index (χ1) is 7.73. The number of thiophene rings is 1. The lowest BCUT2D eigenvalue weighted by molar-refractivity contribution is 0.414. The minimum atomic E-state index is -0.296. The molecule has 1 unspecified atom stereocenters. The molecule has 1 atom stereocenters. The number of hydrogen-bond donors (Lipinski definition) is 0. The third kappa shape index (κ3) is 2.04. The highest BCUT2D eigenvalue weighted by Gasteiger charge is 2.31. The van der Waals surface area contributed by atoms with Crippen LogP contribution in [0.4, 0.5) is 0 Å². The predicted octanol–water partition coefficient (Wildman–Crippen LogP) is 2.38. The molecule has 4 nitrogen and oxygen atoms in total. The highest BCUT2D eigenvalue weighted by Crippen LogP contribution is 2.39. The van der Waals surface area contributed by atoms with Crippen molar-refractivity contribution in [3.8, 4) is 17.9 Å². The number of nitriles is 2. The van der Waals surface area contributed by atoms with E-state index in [-0.39, 0.29) is 11.0 Å². The van der Waals surface area contributed by atoms with Crippen molar-refractivity contribution in [1.82, 2.24) is 0 Å². The van der Waals surface area contributed by atoms with Crippen molar-refractivity contribution in [2.24, 2.45) is 0 Å². The first kappa shape index (κ1) is 12.6. The van der Waals surface area contributed by atoms with Crippen LogP contribution in [-0.2, 0) is 15.9 Å². The largest absolute Gasteiger partial charge is 0.493 e. The van der Waals surface area contributed by atoms with Crippen molar-refractivity contribution in [1.29, 1.82) is 10.5 Å². The molecule has 1 aromatic rings. The number of rotatable bonds is 4. The SMILES string of the molecule is CCC([S+]=O)c1sc(C#N)c(OC)c1C#N. The molecule has 0 aliphatic carbocycles. The van der Waals surface area contributed by atoms with Gasteiger partial charge < -0.3 is 4.74 Å². The first-order valence-corrected chi connectivity index (χ1v) is 6.15. The van der Waals surface area contributed by atoms with E-state index < -0.39 is 0 Å². The molecule has 0 fully saturated rings. The lowest BCUT2D eigenvalue weighted by Crippen LogP contribution is -1.95. The van der Waals surface area contributed by atoms with Gasteiger partial charge in [0, 0.05) is 10.6 Å². The highest BCUT2D eigenvalue weighted by atomic mass is 32.1. The molecule has 16 heavy (non-hydrogen) atoms. The summed E-state index contributed by atoms with van der Waals surface area (Å²) in [4.78, 5) is 0.986. The van der Waals surface area contributed by atoms with Crippen LogP contribution in [0.3, 0.4) is 0 Å². The van der Waals surface area contributed by atoms with Gasteiger partial charge in [-0.3, -0.25) is 0 Å². The van der Waals surface area contributed by atoms with Gasteiger partial charge in [0.25, 0.3) is 5.25 Å². The van der Waals surface area contributed by atoms with Gasteiger partial charge in [-0.1, -0.05) is 6.92 Å². The number of nitrogens with zero attached hydrogens (tertiary/aromatic N) is 2. The van der Waals surface area contributed by atoms with Crippen LogP contribution in [0.15, 0.2) is 0 Å². The molecule has 0 saturated carbocycles. The van der Waals surface area contributed by atoms with Crippen molar-refractivity contribution >= 4 is 23.0 Å². The van der Waals surface area contributed by atoms with Gasteiger partial charge >= 0.3 is 11.7 Å². The quantitative estimate of drug-likeness (QED) is 0.772. The van der Waals surface area contributed by atoms with Crippen LogP contribution in [0.1, 0.15) is 33.9 Å². The fourth-order valence-electron chi connectivity index (χ4n) is 1.33. The van der Waals surface area contributed by atoms with Crippen LogP contribution >= 0.6 is 11.3 Å². The van der Waals surface area contributed by atoms with E-state index >= 15 is 0 Å². The summed E-state index contributed by atoms with van der Waals surface area (Å²) in [6.45, 7) is 1.87. The Balaban J connectivity index is 3.42. The third-order valence-electron chi connectivity index (χ3n) is 2.09. The molecule has 1 aromatic heterocycles. The molecular formula is C10H9N2O2S2+. The van der Waals surface area contributed by atoms with Crippen molar-refractivity contribution in [3.05, 3.63) is 15.3 Å². The van der Waals surface area contributed by atoms with Gasteiger partial charge in [-0.05, 0) is 0 Å². The van der Waals surface area contributed by atoms with Crippen LogP contribution in [0.5, 0.6) is 5.75 Å². The Bertz CT molecular complexity index is 482. The number of methoxy groups -OCH3 is 1. The molecule has 0 aliphatic rings. The minimum Gasteiger partial charge on any atom is -0.493 e. The number of hydrogen-bond acceptors (Lipinski definition) is 5. The Morgan fingerprint density at radius 2 is 2.19 bits per heavy atom. The Labute approximate surface area is 102 Å². The maximum Gasteiger partial charge on any atom is 0.468 e. The second kappa shape index (κ2) is 5.55. The summed E-state index contributed by atoms with van der Waals surface area (Å²) in [5, 5.41) is 17.6. The van der Waals surface area contributed by atoms with Gasteiger partial charge in [0.1, 0.15) is 22.6 Å². The van der Waals surface area contributed by atoms with Crippen LogP contribution in [0.25, 0.3) is 0 Å². The molecule has 1 heterocycles. The standard InChI is InChI=1S/C10H9N2O2S2/c1-3-7(16-13)10-6(4-11)9(14-2)8(5-12)15-10/h7H,3H2,1-2H3/q+1. The zero-order valence-corrected chi connectivity index (χ0v) is 10.4. The molecule has 0 aliphatic heterocycles. The summed E-state index contributed by atoms with van der Waals surface area (Å²) in [6.07, 6.45) is 0.622. The minimum absolute atomic E-state index is 0.289. The summed E-state index contributed by atoms with van der Waals surface area (Å²) in [5.74, 6) is 0.289. The topological polar surface area (TPSA) is 73.9 Å². The summed E-state index contributed by atoms with van der Waals surface area (Å²) >= 11 is 1.60. The maximum atomic E-state index is 10.9.